The van der Waals surface area contributed by atoms with Gasteiger partial charge in [-0.3, -0.25) is 18.7 Å². The van der Waals surface area contributed by atoms with Crippen LogP contribution in [0.1, 0.15) is 69.7 Å². The summed E-state index contributed by atoms with van der Waals surface area (Å²) >= 11 is 0. The van der Waals surface area contributed by atoms with Crippen LogP contribution in [-0.4, -0.2) is 90.4 Å². The van der Waals surface area contributed by atoms with E-state index in [0.717, 1.165) is 31.2 Å². The molecule has 2 heterocycles. The SMILES string of the molecule is C=C[C@@H]1C[C@]1(NC(=O)[C@@H]1C[C@@H](Oc2cc(-c3ccccc3)nc3cc(OC)ccc23)CN1C(=O)[C@@H](NC(=O)OC1CCCC1)C(C)(C)C)P(C)(=O)OCOC(=O)c1ccccc1. The first-order valence-electron chi connectivity index (χ1n) is 21.0. The second-order valence-electron chi connectivity index (χ2n) is 17.3. The lowest BCUT2D eigenvalue weighted by Gasteiger charge is -2.36. The van der Waals surface area contributed by atoms with Gasteiger partial charge >= 0.3 is 12.1 Å². The smallest absolute Gasteiger partial charge is 0.408 e. The van der Waals surface area contributed by atoms with Gasteiger partial charge in [-0.05, 0) is 61.8 Å². The molecule has 1 unspecified atom stereocenters. The van der Waals surface area contributed by atoms with Crippen LogP contribution in [0.4, 0.5) is 4.79 Å². The Bertz CT molecular complexity index is 2350. The number of pyridine rings is 1. The number of rotatable bonds is 15. The van der Waals surface area contributed by atoms with Crippen molar-refractivity contribution in [3.05, 3.63) is 103 Å². The number of benzene rings is 3. The van der Waals surface area contributed by atoms with E-state index in [1.807, 2.05) is 75.4 Å². The number of ether oxygens (including phenoxy) is 4. The normalized spacial score (nSPS) is 22.5. The van der Waals surface area contributed by atoms with E-state index in [-0.39, 0.29) is 25.5 Å². The zero-order valence-electron chi connectivity index (χ0n) is 35.8. The molecule has 3 amide bonds. The van der Waals surface area contributed by atoms with Gasteiger partial charge in [0, 0.05) is 42.1 Å². The summed E-state index contributed by atoms with van der Waals surface area (Å²) in [5.74, 6) is -1.08. The molecule has 2 saturated carbocycles. The highest BCUT2D eigenvalue weighted by molar-refractivity contribution is 7.60. The number of hydrogen-bond donors (Lipinski definition) is 2. The number of amides is 3. The van der Waals surface area contributed by atoms with E-state index in [9.17, 15) is 23.7 Å². The average molecular weight is 867 g/mol. The average Bonchev–Trinajstić information content (AvgIpc) is 3.51. The van der Waals surface area contributed by atoms with Crippen LogP contribution >= 0.6 is 7.37 Å². The van der Waals surface area contributed by atoms with Crippen molar-refractivity contribution in [2.45, 2.75) is 88.9 Å². The minimum atomic E-state index is -3.77. The summed E-state index contributed by atoms with van der Waals surface area (Å²) in [5.41, 5.74) is 1.64. The lowest BCUT2D eigenvalue weighted by molar-refractivity contribution is -0.142. The molecule has 0 spiro atoms. The number of nitrogens with one attached hydrogen (secondary N) is 2. The van der Waals surface area contributed by atoms with Gasteiger partial charge < -0.3 is 34.5 Å². The quantitative estimate of drug-likeness (QED) is 0.0512. The van der Waals surface area contributed by atoms with E-state index in [1.54, 1.807) is 43.5 Å². The number of methoxy groups -OCH3 is 1. The minimum absolute atomic E-state index is 0.0168. The number of aromatic nitrogens is 1. The van der Waals surface area contributed by atoms with Crippen molar-refractivity contribution in [1.29, 1.82) is 0 Å². The van der Waals surface area contributed by atoms with E-state index >= 15 is 0 Å². The molecule has 14 nitrogen and oxygen atoms in total. The number of fused-ring (bicyclic) bond motifs is 1. The fraction of sp³-hybridized carbons (Fsp3) is 0.426. The van der Waals surface area contributed by atoms with E-state index in [0.29, 0.717) is 33.7 Å². The number of alkyl carbamates (subject to hydrolysis) is 1. The molecule has 7 rings (SSSR count). The van der Waals surface area contributed by atoms with Gasteiger partial charge in [-0.15, -0.1) is 6.58 Å². The van der Waals surface area contributed by atoms with Crippen LogP contribution in [0.25, 0.3) is 22.2 Å². The van der Waals surface area contributed by atoms with Crippen LogP contribution in [0.15, 0.2) is 97.6 Å². The molecule has 3 aliphatic rings. The Kier molecular flexibility index (Phi) is 13.1. The Labute approximate surface area is 362 Å². The Morgan fingerprint density at radius 3 is 2.32 bits per heavy atom. The molecule has 0 bridgehead atoms. The summed E-state index contributed by atoms with van der Waals surface area (Å²) in [6, 6.07) is 23.1. The first-order chi connectivity index (χ1) is 29.6. The monoisotopic (exact) mass is 866 g/mol. The second kappa shape index (κ2) is 18.3. The van der Waals surface area contributed by atoms with Gasteiger partial charge in [-0.2, -0.15) is 0 Å². The summed E-state index contributed by atoms with van der Waals surface area (Å²) in [5, 5.41) is 5.15. The van der Waals surface area contributed by atoms with Crippen LogP contribution in [0.3, 0.4) is 0 Å². The van der Waals surface area contributed by atoms with E-state index in [1.165, 1.54) is 11.6 Å². The highest BCUT2D eigenvalue weighted by Crippen LogP contribution is 2.70. The van der Waals surface area contributed by atoms with Crippen LogP contribution in [0.5, 0.6) is 11.5 Å². The standard InChI is InChI=1S/C47H55N4O10P/c1-7-32-27-47(32,62(6,56)59-29-58-44(54)31-18-12-9-13-19-31)50-42(52)39-25-35(28-51(39)43(53)41(46(2,3)4)49-45(55)61-33-20-14-15-21-33)60-40-26-37(30-16-10-8-11-17-30)48-38-24-34(57-5)22-23-36(38)40/h7-13,16-19,22-24,26,32-33,35,39,41H,1,14-15,20-21,25,27-29H2,2-6H3,(H,49,55)(H,50,52)/t32-,35-,39+,41-,47+,62?/m1/s1. The van der Waals surface area contributed by atoms with Gasteiger partial charge in [0.05, 0.1) is 30.4 Å². The van der Waals surface area contributed by atoms with Crippen molar-refractivity contribution >= 4 is 42.1 Å². The van der Waals surface area contributed by atoms with E-state index in [2.05, 4.69) is 17.2 Å². The largest absolute Gasteiger partial charge is 0.497 e. The van der Waals surface area contributed by atoms with Crippen molar-refractivity contribution in [2.24, 2.45) is 11.3 Å². The number of carbonyl (C=O) groups is 4. The maximum absolute atomic E-state index is 14.9. The molecular weight excluding hydrogens is 812 g/mol. The number of carbonyl (C=O) groups excluding carboxylic acids is 4. The molecule has 15 heteroatoms. The molecule has 4 aromatic rings. The molecule has 2 N–H and O–H groups in total. The summed E-state index contributed by atoms with van der Waals surface area (Å²) in [4.78, 5) is 61.9. The zero-order chi connectivity index (χ0) is 44.2. The molecule has 62 heavy (non-hydrogen) atoms. The third-order valence-corrected chi connectivity index (χ3v) is 14.6. The van der Waals surface area contributed by atoms with Crippen LogP contribution in [0, 0.1) is 11.3 Å². The first kappa shape index (κ1) is 44.3. The molecule has 3 aromatic carbocycles. The molecule has 3 fully saturated rings. The molecule has 1 saturated heterocycles. The molecule has 2 aliphatic carbocycles. The van der Waals surface area contributed by atoms with Gasteiger partial charge in [0.15, 0.2) is 6.79 Å². The molecule has 0 radical (unpaired) electrons. The van der Waals surface area contributed by atoms with Gasteiger partial charge in [0.2, 0.25) is 19.2 Å². The maximum atomic E-state index is 14.9. The number of hydrogen-bond acceptors (Lipinski definition) is 11. The van der Waals surface area contributed by atoms with Crippen molar-refractivity contribution in [3.8, 4) is 22.8 Å². The topological polar surface area (TPSA) is 172 Å². The van der Waals surface area contributed by atoms with Crippen molar-refractivity contribution in [3.63, 3.8) is 0 Å². The molecule has 6 atom stereocenters. The lowest BCUT2D eigenvalue weighted by atomic mass is 9.85. The van der Waals surface area contributed by atoms with Gasteiger partial charge in [-0.1, -0.05) is 75.4 Å². The minimum Gasteiger partial charge on any atom is -0.497 e. The zero-order valence-corrected chi connectivity index (χ0v) is 36.7. The van der Waals surface area contributed by atoms with Gasteiger partial charge in [0.1, 0.15) is 41.1 Å². The summed E-state index contributed by atoms with van der Waals surface area (Å²) in [6.07, 6.45) is 3.70. The maximum Gasteiger partial charge on any atom is 0.408 e. The number of nitrogens with zero attached hydrogens (tertiary/aromatic N) is 2. The Balaban J connectivity index is 1.18. The fourth-order valence-electron chi connectivity index (χ4n) is 8.35. The van der Waals surface area contributed by atoms with Crippen LogP contribution < -0.4 is 20.1 Å². The first-order valence-corrected chi connectivity index (χ1v) is 23.1. The van der Waals surface area contributed by atoms with Crippen molar-refractivity contribution in [2.75, 3.05) is 27.1 Å². The number of likely N-dealkylation sites (tertiary alicyclic amines) is 1. The predicted molar refractivity (Wildman–Crippen MR) is 234 cm³/mol. The number of esters is 1. The van der Waals surface area contributed by atoms with Gasteiger partial charge in [-0.25, -0.2) is 14.6 Å². The Morgan fingerprint density at radius 2 is 1.68 bits per heavy atom. The third kappa shape index (κ3) is 9.66. The van der Waals surface area contributed by atoms with Crippen molar-refractivity contribution in [1.82, 2.24) is 20.5 Å². The molecule has 1 aliphatic heterocycles. The highest BCUT2D eigenvalue weighted by Gasteiger charge is 2.65. The summed E-state index contributed by atoms with van der Waals surface area (Å²) < 4.78 is 43.5. The molecular formula is C47H55N4O10P. The van der Waals surface area contributed by atoms with Crippen LogP contribution in [-0.2, 0) is 28.2 Å². The lowest BCUT2D eigenvalue weighted by Crippen LogP contribution is -2.58. The van der Waals surface area contributed by atoms with Crippen LogP contribution in [0.2, 0.25) is 0 Å². The fourth-order valence-corrected chi connectivity index (χ4v) is 10.4. The summed E-state index contributed by atoms with van der Waals surface area (Å²) in [6.45, 7) is 10.2. The molecule has 328 valence electrons. The van der Waals surface area contributed by atoms with E-state index in [4.69, 9.17) is 28.5 Å². The van der Waals surface area contributed by atoms with Gasteiger partial charge in [0.25, 0.3) is 0 Å². The summed E-state index contributed by atoms with van der Waals surface area (Å²) in [7, 11) is -2.19. The van der Waals surface area contributed by atoms with E-state index < -0.39 is 72.8 Å². The second-order valence-corrected chi connectivity index (χ2v) is 20.1. The van der Waals surface area contributed by atoms with Crippen molar-refractivity contribution < 1.29 is 47.2 Å². The Morgan fingerprint density at radius 1 is 0.984 bits per heavy atom. The Hall–Kier alpha value is -5.72. The third-order valence-electron chi connectivity index (χ3n) is 12.0. The highest BCUT2D eigenvalue weighted by atomic mass is 31.2. The predicted octanol–water partition coefficient (Wildman–Crippen LogP) is 8.10. The molecule has 1 aromatic heterocycles.